The Balaban J connectivity index is 1.85. The molecule has 1 aliphatic rings. The average Bonchev–Trinajstić information content (AvgIpc) is 3.07. The van der Waals surface area contributed by atoms with Crippen LogP contribution in [-0.4, -0.2) is 30.6 Å². The van der Waals surface area contributed by atoms with Crippen LogP contribution in [0.3, 0.4) is 0 Å². The lowest BCUT2D eigenvalue weighted by atomic mass is 10.0. The first-order valence-electron chi connectivity index (χ1n) is 8.50. The molecule has 1 aromatic carbocycles. The molecule has 6 nitrogen and oxygen atoms in total. The molecule has 0 saturated carbocycles. The van der Waals surface area contributed by atoms with Crippen LogP contribution < -0.4 is 16.4 Å². The summed E-state index contributed by atoms with van der Waals surface area (Å²) in [5, 5.41) is 5.70. The summed E-state index contributed by atoms with van der Waals surface area (Å²) in [4.78, 5) is 24.0. The fraction of sp³-hybridized carbons (Fsp3) is 0.556. The Bertz CT molecular complexity index is 568. The van der Waals surface area contributed by atoms with E-state index >= 15 is 0 Å². The van der Waals surface area contributed by atoms with Gasteiger partial charge in [-0.05, 0) is 42.9 Å². The van der Waals surface area contributed by atoms with E-state index in [1.54, 1.807) is 0 Å². The predicted molar refractivity (Wildman–Crippen MR) is 93.3 cm³/mol. The molecule has 6 heteroatoms. The van der Waals surface area contributed by atoms with E-state index in [1.165, 1.54) is 0 Å². The SMILES string of the molecule is CC(C)C[C@H](N)C(=O)NCc1cccc(NC(=O)C2CCCO2)c1. The molecule has 1 unspecified atom stereocenters. The van der Waals surface area contributed by atoms with Crippen LogP contribution in [0.5, 0.6) is 0 Å². The molecule has 2 atom stereocenters. The first kappa shape index (κ1) is 18.4. The van der Waals surface area contributed by atoms with E-state index < -0.39 is 6.04 Å². The van der Waals surface area contributed by atoms with Gasteiger partial charge < -0.3 is 21.1 Å². The van der Waals surface area contributed by atoms with Crippen LogP contribution in [0.4, 0.5) is 5.69 Å². The lowest BCUT2D eigenvalue weighted by molar-refractivity contribution is -0.124. The number of anilines is 1. The molecule has 2 rings (SSSR count). The summed E-state index contributed by atoms with van der Waals surface area (Å²) >= 11 is 0. The summed E-state index contributed by atoms with van der Waals surface area (Å²) in [6.07, 6.45) is 1.97. The molecule has 0 bridgehead atoms. The summed E-state index contributed by atoms with van der Waals surface area (Å²) < 4.78 is 5.37. The van der Waals surface area contributed by atoms with Crippen LogP contribution in [0, 0.1) is 5.92 Å². The van der Waals surface area contributed by atoms with Gasteiger partial charge in [-0.2, -0.15) is 0 Å². The lowest BCUT2D eigenvalue weighted by Gasteiger charge is -2.15. The average molecular weight is 333 g/mol. The minimum atomic E-state index is -0.493. The third kappa shape index (κ3) is 5.62. The van der Waals surface area contributed by atoms with Crippen molar-refractivity contribution in [3.8, 4) is 0 Å². The first-order chi connectivity index (χ1) is 11.5. The second-order valence-corrected chi connectivity index (χ2v) is 6.65. The predicted octanol–water partition coefficient (Wildman–Crippen LogP) is 1.79. The molecule has 1 aliphatic heterocycles. The number of carbonyl (C=O) groups excluding carboxylic acids is 2. The minimum Gasteiger partial charge on any atom is -0.368 e. The third-order valence-electron chi connectivity index (χ3n) is 3.95. The van der Waals surface area contributed by atoms with Crippen molar-refractivity contribution in [3.63, 3.8) is 0 Å². The Kier molecular flexibility index (Phi) is 6.75. The van der Waals surface area contributed by atoms with E-state index in [-0.39, 0.29) is 17.9 Å². The number of amides is 2. The zero-order chi connectivity index (χ0) is 17.5. The van der Waals surface area contributed by atoms with E-state index in [4.69, 9.17) is 10.5 Å². The quantitative estimate of drug-likeness (QED) is 0.709. The van der Waals surface area contributed by atoms with Crippen molar-refractivity contribution in [2.75, 3.05) is 11.9 Å². The van der Waals surface area contributed by atoms with Gasteiger partial charge in [0.15, 0.2) is 0 Å². The summed E-state index contributed by atoms with van der Waals surface area (Å²) in [7, 11) is 0. The third-order valence-corrected chi connectivity index (χ3v) is 3.95. The van der Waals surface area contributed by atoms with Crippen molar-refractivity contribution in [1.82, 2.24) is 5.32 Å². The van der Waals surface area contributed by atoms with Crippen molar-refractivity contribution in [1.29, 1.82) is 0 Å². The van der Waals surface area contributed by atoms with E-state index in [0.29, 0.717) is 31.2 Å². The van der Waals surface area contributed by atoms with Gasteiger partial charge in [0.25, 0.3) is 5.91 Å². The van der Waals surface area contributed by atoms with Gasteiger partial charge in [0, 0.05) is 18.8 Å². The highest BCUT2D eigenvalue weighted by Gasteiger charge is 2.23. The summed E-state index contributed by atoms with van der Waals surface area (Å²) in [6, 6.07) is 6.92. The monoisotopic (exact) mass is 333 g/mol. The molecule has 0 radical (unpaired) electrons. The highest BCUT2D eigenvalue weighted by Crippen LogP contribution is 2.16. The summed E-state index contributed by atoms with van der Waals surface area (Å²) in [5.41, 5.74) is 7.48. The van der Waals surface area contributed by atoms with Gasteiger partial charge in [-0.25, -0.2) is 0 Å². The number of carbonyl (C=O) groups is 2. The maximum absolute atomic E-state index is 12.1. The molecule has 1 aromatic rings. The van der Waals surface area contributed by atoms with Gasteiger partial charge in [0.05, 0.1) is 6.04 Å². The smallest absolute Gasteiger partial charge is 0.253 e. The minimum absolute atomic E-state index is 0.118. The number of hydrogen-bond acceptors (Lipinski definition) is 4. The molecular formula is C18H27N3O3. The highest BCUT2D eigenvalue weighted by atomic mass is 16.5. The largest absolute Gasteiger partial charge is 0.368 e. The summed E-state index contributed by atoms with van der Waals surface area (Å²) in [6.45, 7) is 5.09. The Morgan fingerprint density at radius 2 is 2.17 bits per heavy atom. The van der Waals surface area contributed by atoms with Crippen LogP contribution in [0.25, 0.3) is 0 Å². The number of nitrogens with two attached hydrogens (primary N) is 1. The number of nitrogens with one attached hydrogen (secondary N) is 2. The van der Waals surface area contributed by atoms with Gasteiger partial charge in [0.1, 0.15) is 6.10 Å². The second-order valence-electron chi connectivity index (χ2n) is 6.65. The molecule has 132 valence electrons. The van der Waals surface area contributed by atoms with Crippen molar-refractivity contribution < 1.29 is 14.3 Å². The van der Waals surface area contributed by atoms with Gasteiger partial charge in [0.2, 0.25) is 5.91 Å². The zero-order valence-electron chi connectivity index (χ0n) is 14.4. The Morgan fingerprint density at radius 1 is 1.38 bits per heavy atom. The van der Waals surface area contributed by atoms with Gasteiger partial charge in [-0.3, -0.25) is 9.59 Å². The molecule has 2 amide bonds. The molecule has 0 aliphatic carbocycles. The number of rotatable bonds is 7. The number of benzene rings is 1. The molecule has 4 N–H and O–H groups in total. The van der Waals surface area contributed by atoms with E-state index in [9.17, 15) is 9.59 Å². The van der Waals surface area contributed by atoms with Crippen LogP contribution >= 0.6 is 0 Å². The van der Waals surface area contributed by atoms with Crippen molar-refractivity contribution in [2.45, 2.75) is 51.8 Å². The maximum atomic E-state index is 12.1. The Hall–Kier alpha value is -1.92. The Morgan fingerprint density at radius 3 is 2.83 bits per heavy atom. The zero-order valence-corrected chi connectivity index (χ0v) is 14.4. The van der Waals surface area contributed by atoms with E-state index in [1.807, 2.05) is 38.1 Å². The van der Waals surface area contributed by atoms with Crippen LogP contribution in [-0.2, 0) is 20.9 Å². The van der Waals surface area contributed by atoms with E-state index in [0.717, 1.165) is 18.4 Å². The summed E-state index contributed by atoms with van der Waals surface area (Å²) in [5.74, 6) is 0.104. The number of hydrogen-bond donors (Lipinski definition) is 3. The standard InChI is InChI=1S/C18H27N3O3/c1-12(2)9-15(19)17(22)20-11-13-5-3-6-14(10-13)21-18(23)16-7-4-8-24-16/h3,5-6,10,12,15-16H,4,7-9,11,19H2,1-2H3,(H,20,22)(H,21,23)/t15-,16?/m0/s1. The van der Waals surface area contributed by atoms with Crippen molar-refractivity contribution >= 4 is 17.5 Å². The first-order valence-corrected chi connectivity index (χ1v) is 8.50. The molecule has 0 aromatic heterocycles. The lowest BCUT2D eigenvalue weighted by Crippen LogP contribution is -2.41. The van der Waals surface area contributed by atoms with Gasteiger partial charge in [-0.15, -0.1) is 0 Å². The topological polar surface area (TPSA) is 93.5 Å². The van der Waals surface area contributed by atoms with E-state index in [2.05, 4.69) is 10.6 Å². The normalized spacial score (nSPS) is 18.4. The molecule has 1 saturated heterocycles. The van der Waals surface area contributed by atoms with Crippen molar-refractivity contribution in [3.05, 3.63) is 29.8 Å². The molecule has 0 spiro atoms. The second kappa shape index (κ2) is 8.80. The van der Waals surface area contributed by atoms with Crippen LogP contribution in [0.2, 0.25) is 0 Å². The fourth-order valence-electron chi connectivity index (χ4n) is 2.70. The van der Waals surface area contributed by atoms with Crippen LogP contribution in [0.1, 0.15) is 38.7 Å². The van der Waals surface area contributed by atoms with Gasteiger partial charge in [-0.1, -0.05) is 26.0 Å². The van der Waals surface area contributed by atoms with Crippen molar-refractivity contribution in [2.24, 2.45) is 11.7 Å². The number of ether oxygens (including phenoxy) is 1. The Labute approximate surface area is 143 Å². The molecule has 1 fully saturated rings. The fourth-order valence-corrected chi connectivity index (χ4v) is 2.70. The highest BCUT2D eigenvalue weighted by molar-refractivity contribution is 5.94. The van der Waals surface area contributed by atoms with Gasteiger partial charge >= 0.3 is 0 Å². The molecule has 1 heterocycles. The maximum Gasteiger partial charge on any atom is 0.253 e. The molecule has 24 heavy (non-hydrogen) atoms. The van der Waals surface area contributed by atoms with Crippen LogP contribution in [0.15, 0.2) is 24.3 Å². The molecular weight excluding hydrogens is 306 g/mol.